The largest absolute Gasteiger partial charge is 0.468 e. The van der Waals surface area contributed by atoms with Gasteiger partial charge in [0.2, 0.25) is 5.91 Å². The Hall–Kier alpha value is -8.34. The molecule has 6 aliphatic rings. The standard InChI is InChI=1S/C27H21N5O3.C27H20N4O4.CH4/c1-29-26(35)27(28)11-12-10-17(27)32-16-9-5-3-7-14(16)19-21-20(24(33)30-25(21)34)18-13-6-2-4-8-15(13)31(12)22(18)23(19)32;1-35-26(34)27(28)11-12-10-17(27)31-16-9-5-3-7-14(16)19-21-20(24(32)29-25(21)33)18-13-6-2-4-8-15(13)30(12)22(18)23(19)31;/h2-9,12,17H,10-11,28H2,1H3,(H,29,35)(H,30,33,34);2-9,12,17H,10-11,28H2,1H3,(H,29,32,33);1H4/t2*12?,17?,27-;/m00./s1. The van der Waals surface area contributed by atoms with Crippen LogP contribution in [0, 0.1) is 0 Å². The number of hydrogen-bond donors (Lipinski definition) is 5. The molecule has 0 saturated heterocycles. The Morgan fingerprint density at radius 1 is 0.535 bits per heavy atom. The van der Waals surface area contributed by atoms with Crippen LogP contribution in [0.25, 0.3) is 87.2 Å². The average Bonchev–Trinajstić information content (AvgIpc) is 4.24. The van der Waals surface area contributed by atoms with Crippen molar-refractivity contribution >= 4 is 123 Å². The molecule has 71 heavy (non-hydrogen) atoms. The van der Waals surface area contributed by atoms with Crippen molar-refractivity contribution in [2.45, 2.75) is 68.4 Å². The predicted octanol–water partition coefficient (Wildman–Crippen LogP) is 7.30. The van der Waals surface area contributed by atoms with Gasteiger partial charge in [0.05, 0.1) is 63.5 Å². The summed E-state index contributed by atoms with van der Waals surface area (Å²) in [6.45, 7) is 0. The third-order valence-corrected chi connectivity index (χ3v) is 16.8. The number of nitrogens with zero attached hydrogens (tertiary/aromatic N) is 4. The highest BCUT2D eigenvalue weighted by atomic mass is 16.5. The summed E-state index contributed by atoms with van der Waals surface area (Å²) in [5, 5.41) is 14.5. The third kappa shape index (κ3) is 4.63. The summed E-state index contributed by atoms with van der Waals surface area (Å²) in [5.41, 5.74) is 20.5. The van der Waals surface area contributed by atoms with Crippen molar-refractivity contribution in [3.05, 3.63) is 119 Å². The van der Waals surface area contributed by atoms with Gasteiger partial charge in [-0.2, -0.15) is 0 Å². The summed E-state index contributed by atoms with van der Waals surface area (Å²) in [4.78, 5) is 79.2. The molecule has 2 fully saturated rings. The number of hydrogen-bond acceptors (Lipinski definition) is 9. The lowest BCUT2D eigenvalue weighted by Gasteiger charge is -2.32. The number of para-hydroxylation sites is 4. The first kappa shape index (κ1) is 41.6. The summed E-state index contributed by atoms with van der Waals surface area (Å²) in [6.07, 6.45) is 2.19. The topological polar surface area (TPSA) is 220 Å². The first-order valence-corrected chi connectivity index (χ1v) is 23.5. The highest BCUT2D eigenvalue weighted by Crippen LogP contribution is 2.58. The molecule has 2 aliphatic carbocycles. The molecule has 4 bridgehead atoms. The van der Waals surface area contributed by atoms with E-state index in [2.05, 4.69) is 34.2 Å². The molecule has 16 rings (SSSR count). The first-order valence-electron chi connectivity index (χ1n) is 23.5. The van der Waals surface area contributed by atoms with Crippen LogP contribution in [0.1, 0.15) is 98.7 Å². The minimum Gasteiger partial charge on any atom is -0.468 e. The monoisotopic (exact) mass is 943 g/mol. The number of fused-ring (bicyclic) bond motifs is 26. The second kappa shape index (κ2) is 13.5. The van der Waals surface area contributed by atoms with E-state index in [1.807, 2.05) is 97.1 Å². The van der Waals surface area contributed by atoms with E-state index < -0.39 is 23.0 Å². The Morgan fingerprint density at radius 2 is 0.845 bits per heavy atom. The van der Waals surface area contributed by atoms with Crippen molar-refractivity contribution in [3.63, 3.8) is 0 Å². The highest BCUT2D eigenvalue weighted by molar-refractivity contribution is 6.41. The summed E-state index contributed by atoms with van der Waals surface area (Å²) in [6, 6.07) is 30.8. The number of aromatic nitrogens is 4. The van der Waals surface area contributed by atoms with E-state index >= 15 is 0 Å². The molecule has 16 nitrogen and oxygen atoms in total. The van der Waals surface area contributed by atoms with E-state index in [9.17, 15) is 28.8 Å². The van der Waals surface area contributed by atoms with Crippen LogP contribution in [0.3, 0.4) is 0 Å². The van der Waals surface area contributed by atoms with Gasteiger partial charge in [-0.15, -0.1) is 0 Å². The van der Waals surface area contributed by atoms with Crippen LogP contribution in [0.4, 0.5) is 0 Å². The molecule has 8 heterocycles. The van der Waals surface area contributed by atoms with Crippen LogP contribution in [0.5, 0.6) is 0 Å². The number of esters is 1. The number of benzene rings is 6. The van der Waals surface area contributed by atoms with Crippen molar-refractivity contribution in [1.29, 1.82) is 0 Å². The van der Waals surface area contributed by atoms with Crippen molar-refractivity contribution < 1.29 is 33.5 Å². The van der Waals surface area contributed by atoms with Crippen molar-refractivity contribution in [2.75, 3.05) is 14.2 Å². The molecule has 16 heteroatoms. The van der Waals surface area contributed by atoms with Crippen molar-refractivity contribution in [2.24, 2.45) is 11.5 Å². The predicted molar refractivity (Wildman–Crippen MR) is 270 cm³/mol. The SMILES string of the molecule is C.CNC(=O)[C@]1(N)CC2CC1n1c3ccccc3c3c4c(c5c6ccccc6n2c5c31)C(=O)NC4=O.COC(=O)[C@]1(N)CC2CC1n1c3ccccc3c3c4c(c5c6ccccc6n2c5c31)C(=O)NC4=O. The number of ether oxygens (including phenoxy) is 1. The maximum absolute atomic E-state index is 13.2. The molecule has 2 saturated carbocycles. The summed E-state index contributed by atoms with van der Waals surface area (Å²) in [5.74, 6) is -2.15. The first-order chi connectivity index (χ1) is 33.9. The molecule has 6 atom stereocenters. The number of imide groups is 2. The Labute approximate surface area is 402 Å². The van der Waals surface area contributed by atoms with E-state index in [4.69, 9.17) is 16.2 Å². The molecule has 10 aromatic rings. The normalized spacial score (nSPS) is 24.3. The zero-order valence-electron chi connectivity index (χ0n) is 37.7. The molecular formula is C55H45N9O7. The van der Waals surface area contributed by atoms with Crippen molar-refractivity contribution in [1.82, 2.24) is 34.2 Å². The zero-order valence-corrected chi connectivity index (χ0v) is 37.7. The number of amides is 5. The molecule has 0 spiro atoms. The maximum atomic E-state index is 13.2. The Bertz CT molecular complexity index is 4000. The van der Waals surface area contributed by atoms with Crippen LogP contribution >= 0.6 is 0 Å². The van der Waals surface area contributed by atoms with Gasteiger partial charge < -0.3 is 39.8 Å². The smallest absolute Gasteiger partial charge is 0.328 e. The molecule has 4 aromatic heterocycles. The lowest BCUT2D eigenvalue weighted by atomic mass is 9.91. The Morgan fingerprint density at radius 3 is 1.20 bits per heavy atom. The quantitative estimate of drug-likeness (QED) is 0.0866. The highest BCUT2D eigenvalue weighted by Gasteiger charge is 2.57. The summed E-state index contributed by atoms with van der Waals surface area (Å²) < 4.78 is 14.1. The van der Waals surface area contributed by atoms with Crippen LogP contribution in [-0.2, 0) is 14.3 Å². The van der Waals surface area contributed by atoms with Crippen LogP contribution in [-0.4, -0.2) is 79.0 Å². The lowest BCUT2D eigenvalue weighted by molar-refractivity contribution is -0.148. The minimum atomic E-state index is -1.24. The van der Waals surface area contributed by atoms with Gasteiger partial charge in [-0.3, -0.25) is 34.6 Å². The van der Waals surface area contributed by atoms with E-state index in [1.54, 1.807) is 7.05 Å². The number of methoxy groups -OCH3 is 1. The molecule has 352 valence electrons. The van der Waals surface area contributed by atoms with Gasteiger partial charge in [0.1, 0.15) is 11.1 Å². The van der Waals surface area contributed by atoms with Gasteiger partial charge in [-0.1, -0.05) is 80.2 Å². The van der Waals surface area contributed by atoms with E-state index in [0.717, 1.165) is 87.2 Å². The van der Waals surface area contributed by atoms with E-state index in [0.29, 0.717) is 47.9 Å². The third-order valence-electron chi connectivity index (χ3n) is 16.8. The minimum absolute atomic E-state index is 0. The van der Waals surface area contributed by atoms with Gasteiger partial charge in [0.25, 0.3) is 23.6 Å². The fraction of sp³-hybridized carbons (Fsp3) is 0.236. The number of rotatable bonds is 2. The molecule has 0 radical (unpaired) electrons. The molecule has 7 N–H and O–H groups in total. The molecular weight excluding hydrogens is 899 g/mol. The fourth-order valence-corrected chi connectivity index (χ4v) is 14.4. The zero-order chi connectivity index (χ0) is 47.6. The molecule has 4 unspecified atom stereocenters. The van der Waals surface area contributed by atoms with Gasteiger partial charge in [0.15, 0.2) is 0 Å². The van der Waals surface area contributed by atoms with Gasteiger partial charge in [-0.25, -0.2) is 4.79 Å². The lowest BCUT2D eigenvalue weighted by Crippen LogP contribution is -2.56. The van der Waals surface area contributed by atoms with Crippen LogP contribution in [0.15, 0.2) is 97.1 Å². The number of carbonyl (C=O) groups excluding carboxylic acids is 6. The van der Waals surface area contributed by atoms with E-state index in [1.165, 1.54) is 7.11 Å². The Kier molecular flexibility index (Phi) is 7.91. The second-order valence-corrected chi connectivity index (χ2v) is 19.9. The average molecular weight is 944 g/mol. The van der Waals surface area contributed by atoms with Gasteiger partial charge in [-0.05, 0) is 49.9 Å². The summed E-state index contributed by atoms with van der Waals surface area (Å²) >= 11 is 0. The van der Waals surface area contributed by atoms with E-state index in [-0.39, 0.29) is 55.2 Å². The maximum Gasteiger partial charge on any atom is 0.328 e. The van der Waals surface area contributed by atoms with Gasteiger partial charge in [0, 0.05) is 84.3 Å². The molecule has 5 amide bonds. The number of likely N-dealkylation sites (N-methyl/N-ethyl adjacent to an activating group) is 1. The fourth-order valence-electron chi connectivity index (χ4n) is 14.4. The van der Waals surface area contributed by atoms with Crippen molar-refractivity contribution in [3.8, 4) is 0 Å². The molecule has 6 aromatic carbocycles. The second-order valence-electron chi connectivity index (χ2n) is 19.9. The summed E-state index contributed by atoms with van der Waals surface area (Å²) in [7, 11) is 2.99. The molecule has 4 aliphatic heterocycles. The number of carbonyl (C=O) groups is 6. The number of nitrogens with two attached hydrogens (primary N) is 2. The van der Waals surface area contributed by atoms with Crippen LogP contribution < -0.4 is 27.4 Å². The van der Waals surface area contributed by atoms with Crippen LogP contribution in [0.2, 0.25) is 0 Å². The number of nitrogens with one attached hydrogen (secondary N) is 3. The van der Waals surface area contributed by atoms with Gasteiger partial charge >= 0.3 is 5.97 Å². The Balaban J connectivity index is 0.000000131.